The summed E-state index contributed by atoms with van der Waals surface area (Å²) in [6.07, 6.45) is 1.56. The number of phenolic OH excluding ortho intramolecular Hbond substituents is 1. The van der Waals surface area contributed by atoms with E-state index < -0.39 is 17.5 Å². The first kappa shape index (κ1) is 14.7. The Balaban J connectivity index is 2.00. The van der Waals surface area contributed by atoms with Crippen LogP contribution in [0.2, 0.25) is 0 Å². The number of hydrogen-bond acceptors (Lipinski definition) is 5. The Morgan fingerprint density at radius 3 is 2.77 bits per heavy atom. The van der Waals surface area contributed by atoms with E-state index in [1.165, 1.54) is 0 Å². The van der Waals surface area contributed by atoms with Crippen LogP contribution < -0.4 is 4.74 Å². The summed E-state index contributed by atoms with van der Waals surface area (Å²) in [5.41, 5.74) is 1.72. The second-order valence-electron chi connectivity index (χ2n) is 6.16. The topological polar surface area (TPSA) is 93.1 Å². The Morgan fingerprint density at radius 2 is 2.09 bits per heavy atom. The van der Waals surface area contributed by atoms with Gasteiger partial charge in [0.15, 0.2) is 0 Å². The molecule has 2 heterocycles. The van der Waals surface area contributed by atoms with Gasteiger partial charge in [0.2, 0.25) is 0 Å². The van der Waals surface area contributed by atoms with Gasteiger partial charge in [-0.1, -0.05) is 0 Å². The zero-order valence-electron chi connectivity index (χ0n) is 12.6. The van der Waals surface area contributed by atoms with Crippen molar-refractivity contribution in [2.24, 2.45) is 0 Å². The van der Waals surface area contributed by atoms with Crippen LogP contribution in [0.1, 0.15) is 53.2 Å². The maximum Gasteiger partial charge on any atom is 0.342 e. The molecule has 0 unspecified atom stereocenters. The Hall–Kier alpha value is -2.24. The highest BCUT2D eigenvalue weighted by Gasteiger charge is 2.39. The maximum absolute atomic E-state index is 11.7. The van der Waals surface area contributed by atoms with Gasteiger partial charge in [0, 0.05) is 17.5 Å². The van der Waals surface area contributed by atoms with Gasteiger partial charge in [0.1, 0.15) is 29.3 Å². The standard InChI is InChI=1S/C16H18O6/c1-8-10-7-21-15(20)12(10)13(19)9-3-5-16(2,22-14(8)9)6-4-11(17)18/h19H,3-7H2,1-2H3,(H,17,18)/t16-/m0/s1. The largest absolute Gasteiger partial charge is 0.507 e. The Kier molecular flexibility index (Phi) is 3.27. The number of phenols is 1. The van der Waals surface area contributed by atoms with Gasteiger partial charge in [-0.25, -0.2) is 4.79 Å². The first-order valence-corrected chi connectivity index (χ1v) is 7.27. The first-order chi connectivity index (χ1) is 10.3. The molecule has 0 saturated heterocycles. The maximum atomic E-state index is 11.7. The lowest BCUT2D eigenvalue weighted by Gasteiger charge is -2.37. The summed E-state index contributed by atoms with van der Waals surface area (Å²) in [7, 11) is 0. The van der Waals surface area contributed by atoms with E-state index in [4.69, 9.17) is 14.6 Å². The van der Waals surface area contributed by atoms with Crippen molar-refractivity contribution in [1.82, 2.24) is 0 Å². The van der Waals surface area contributed by atoms with Crippen LogP contribution in [0.3, 0.4) is 0 Å². The number of aliphatic carboxylic acids is 1. The monoisotopic (exact) mass is 306 g/mol. The lowest BCUT2D eigenvalue weighted by molar-refractivity contribution is -0.138. The van der Waals surface area contributed by atoms with Crippen molar-refractivity contribution in [2.75, 3.05) is 0 Å². The van der Waals surface area contributed by atoms with Crippen LogP contribution in [0.4, 0.5) is 0 Å². The lowest BCUT2D eigenvalue weighted by Crippen LogP contribution is -2.37. The molecule has 22 heavy (non-hydrogen) atoms. The second kappa shape index (κ2) is 4.90. The molecule has 0 spiro atoms. The number of carboxylic acid groups (broad SMARTS) is 1. The summed E-state index contributed by atoms with van der Waals surface area (Å²) >= 11 is 0. The quantitative estimate of drug-likeness (QED) is 0.832. The van der Waals surface area contributed by atoms with Crippen LogP contribution in [-0.4, -0.2) is 27.8 Å². The summed E-state index contributed by atoms with van der Waals surface area (Å²) in [5.74, 6) is -0.854. The van der Waals surface area contributed by atoms with Crippen LogP contribution in [0.15, 0.2) is 0 Å². The SMILES string of the molecule is Cc1c2c(c(O)c3c1O[C@](C)(CCC(=O)O)CC3)C(=O)OC2. The van der Waals surface area contributed by atoms with Crippen molar-refractivity contribution in [1.29, 1.82) is 0 Å². The molecule has 2 aliphatic heterocycles. The molecular formula is C16H18O6. The van der Waals surface area contributed by atoms with Crippen molar-refractivity contribution >= 4 is 11.9 Å². The molecule has 2 N–H and O–H groups in total. The summed E-state index contributed by atoms with van der Waals surface area (Å²) in [5, 5.41) is 19.2. The normalized spacial score (nSPS) is 22.5. The third kappa shape index (κ3) is 2.19. The fourth-order valence-electron chi connectivity index (χ4n) is 3.17. The molecule has 2 aliphatic rings. The average Bonchev–Trinajstić information content (AvgIpc) is 2.85. The number of fused-ring (bicyclic) bond motifs is 2. The summed E-state index contributed by atoms with van der Waals surface area (Å²) in [6, 6.07) is 0. The smallest absolute Gasteiger partial charge is 0.342 e. The van der Waals surface area contributed by atoms with Gasteiger partial charge in [0.25, 0.3) is 0 Å². The van der Waals surface area contributed by atoms with E-state index in [9.17, 15) is 14.7 Å². The minimum atomic E-state index is -0.858. The number of hydrogen-bond donors (Lipinski definition) is 2. The molecule has 0 radical (unpaired) electrons. The predicted molar refractivity (Wildman–Crippen MR) is 76.2 cm³/mol. The molecular weight excluding hydrogens is 288 g/mol. The van der Waals surface area contributed by atoms with E-state index in [0.717, 1.165) is 5.56 Å². The summed E-state index contributed by atoms with van der Waals surface area (Å²) < 4.78 is 11.1. The molecule has 118 valence electrons. The molecule has 1 atom stereocenters. The molecule has 0 amide bonds. The molecule has 3 rings (SSSR count). The molecule has 0 aromatic heterocycles. The average molecular weight is 306 g/mol. The van der Waals surface area contributed by atoms with Gasteiger partial charge in [-0.15, -0.1) is 0 Å². The zero-order valence-corrected chi connectivity index (χ0v) is 12.6. The van der Waals surface area contributed by atoms with Gasteiger partial charge >= 0.3 is 11.9 Å². The van der Waals surface area contributed by atoms with Gasteiger partial charge in [0.05, 0.1) is 0 Å². The van der Waals surface area contributed by atoms with Crippen LogP contribution in [0.5, 0.6) is 11.5 Å². The Bertz CT molecular complexity index is 678. The minimum Gasteiger partial charge on any atom is -0.507 e. The van der Waals surface area contributed by atoms with Crippen molar-refractivity contribution in [3.05, 3.63) is 22.3 Å². The lowest BCUT2D eigenvalue weighted by atomic mass is 9.85. The number of cyclic esters (lactones) is 1. The van der Waals surface area contributed by atoms with Crippen LogP contribution in [0.25, 0.3) is 0 Å². The van der Waals surface area contributed by atoms with Crippen molar-refractivity contribution < 1.29 is 29.3 Å². The number of esters is 1. The van der Waals surface area contributed by atoms with Crippen LogP contribution in [0, 0.1) is 6.92 Å². The highest BCUT2D eigenvalue weighted by Crippen LogP contribution is 2.47. The predicted octanol–water partition coefficient (Wildman–Crippen LogP) is 2.32. The number of carbonyl (C=O) groups excluding carboxylic acids is 1. The second-order valence-corrected chi connectivity index (χ2v) is 6.16. The molecule has 0 fully saturated rings. The van der Waals surface area contributed by atoms with Crippen LogP contribution in [-0.2, 0) is 22.6 Å². The van der Waals surface area contributed by atoms with E-state index in [0.29, 0.717) is 36.1 Å². The number of carbonyl (C=O) groups is 2. The zero-order chi connectivity index (χ0) is 16.1. The van der Waals surface area contributed by atoms with E-state index in [1.807, 2.05) is 13.8 Å². The van der Waals surface area contributed by atoms with Gasteiger partial charge in [-0.2, -0.15) is 0 Å². The molecule has 1 aromatic rings. The highest BCUT2D eigenvalue weighted by atomic mass is 16.5. The molecule has 0 bridgehead atoms. The third-order valence-corrected chi connectivity index (χ3v) is 4.56. The van der Waals surface area contributed by atoms with Gasteiger partial charge in [-0.05, 0) is 38.7 Å². The number of aromatic hydroxyl groups is 1. The van der Waals surface area contributed by atoms with E-state index in [-0.39, 0.29) is 24.3 Å². The molecule has 1 aromatic carbocycles. The van der Waals surface area contributed by atoms with Crippen molar-refractivity contribution in [3.63, 3.8) is 0 Å². The molecule has 0 aliphatic carbocycles. The minimum absolute atomic E-state index is 0.0312. The van der Waals surface area contributed by atoms with Crippen molar-refractivity contribution in [3.8, 4) is 11.5 Å². The van der Waals surface area contributed by atoms with Crippen LogP contribution >= 0.6 is 0 Å². The van der Waals surface area contributed by atoms with E-state index in [1.54, 1.807) is 0 Å². The van der Waals surface area contributed by atoms with Gasteiger partial charge < -0.3 is 19.7 Å². The number of rotatable bonds is 3. The van der Waals surface area contributed by atoms with Gasteiger partial charge in [-0.3, -0.25) is 4.79 Å². The Morgan fingerprint density at radius 1 is 1.36 bits per heavy atom. The molecule has 6 heteroatoms. The number of benzene rings is 1. The summed E-state index contributed by atoms with van der Waals surface area (Å²) in [6.45, 7) is 3.85. The first-order valence-electron chi connectivity index (χ1n) is 7.27. The highest BCUT2D eigenvalue weighted by molar-refractivity contribution is 5.98. The summed E-state index contributed by atoms with van der Waals surface area (Å²) in [4.78, 5) is 22.5. The van der Waals surface area contributed by atoms with E-state index in [2.05, 4.69) is 0 Å². The number of carboxylic acids is 1. The Labute approximate surface area is 127 Å². The molecule has 0 saturated carbocycles. The molecule has 6 nitrogen and oxygen atoms in total. The third-order valence-electron chi connectivity index (χ3n) is 4.56. The fourth-order valence-corrected chi connectivity index (χ4v) is 3.17. The fraction of sp³-hybridized carbons (Fsp3) is 0.500. The van der Waals surface area contributed by atoms with Crippen molar-refractivity contribution in [2.45, 2.75) is 51.7 Å². The van der Waals surface area contributed by atoms with E-state index >= 15 is 0 Å². The number of ether oxygens (including phenoxy) is 2.